The van der Waals surface area contributed by atoms with Crippen molar-refractivity contribution >= 4 is 5.69 Å². The smallest absolute Gasteiger partial charge is 0.200 e. The standard InChI is InChI=1S/C17H4F10N2/c18-7-5(8(19)12(23)15(26)11(7)22)3-1-29-2-4(17(3)28)6-9(20)13(24)16(27)14(25)10(6)21/h1-2H,(H2,28,29). The Labute approximate surface area is 154 Å². The van der Waals surface area contributed by atoms with Gasteiger partial charge in [-0.3, -0.25) is 4.98 Å². The van der Waals surface area contributed by atoms with E-state index >= 15 is 0 Å². The van der Waals surface area contributed by atoms with Gasteiger partial charge in [0.1, 0.15) is 0 Å². The quantitative estimate of drug-likeness (QED) is 0.339. The van der Waals surface area contributed by atoms with E-state index in [1.54, 1.807) is 0 Å². The third-order valence-electron chi connectivity index (χ3n) is 3.95. The molecule has 0 amide bonds. The lowest BCUT2D eigenvalue weighted by molar-refractivity contribution is 0.381. The summed E-state index contributed by atoms with van der Waals surface area (Å²) in [6.45, 7) is 0. The summed E-state index contributed by atoms with van der Waals surface area (Å²) in [4.78, 5) is 3.30. The average Bonchev–Trinajstić information content (AvgIpc) is 2.70. The monoisotopic (exact) mass is 426 g/mol. The maximum Gasteiger partial charge on any atom is 0.200 e. The molecule has 1 heterocycles. The van der Waals surface area contributed by atoms with Gasteiger partial charge in [0.25, 0.3) is 0 Å². The topological polar surface area (TPSA) is 38.9 Å². The predicted octanol–water partition coefficient (Wildman–Crippen LogP) is 5.39. The van der Waals surface area contributed by atoms with Crippen molar-refractivity contribution < 1.29 is 43.9 Å². The minimum absolute atomic E-state index is 0.489. The summed E-state index contributed by atoms with van der Waals surface area (Å²) < 4.78 is 136. The van der Waals surface area contributed by atoms with Crippen molar-refractivity contribution in [1.82, 2.24) is 4.98 Å². The van der Waals surface area contributed by atoms with Gasteiger partial charge in [-0.05, 0) is 0 Å². The second kappa shape index (κ2) is 6.94. The molecule has 2 nitrogen and oxygen atoms in total. The second-order valence-electron chi connectivity index (χ2n) is 5.54. The van der Waals surface area contributed by atoms with Crippen LogP contribution in [0.15, 0.2) is 12.4 Å². The first-order chi connectivity index (χ1) is 13.5. The van der Waals surface area contributed by atoms with E-state index in [1.165, 1.54) is 0 Å². The maximum absolute atomic E-state index is 14.0. The van der Waals surface area contributed by atoms with Gasteiger partial charge in [0.2, 0.25) is 11.6 Å². The summed E-state index contributed by atoms with van der Waals surface area (Å²) in [5.41, 5.74) is -0.791. The van der Waals surface area contributed by atoms with Crippen LogP contribution in [0.4, 0.5) is 49.6 Å². The molecule has 0 aliphatic carbocycles. The van der Waals surface area contributed by atoms with E-state index in [4.69, 9.17) is 5.73 Å². The van der Waals surface area contributed by atoms with E-state index in [2.05, 4.69) is 4.98 Å². The Morgan fingerprint density at radius 2 is 0.690 bits per heavy atom. The Morgan fingerprint density at radius 3 is 0.966 bits per heavy atom. The molecule has 3 rings (SSSR count). The fourth-order valence-electron chi connectivity index (χ4n) is 2.55. The number of anilines is 1. The van der Waals surface area contributed by atoms with Crippen LogP contribution in [-0.2, 0) is 0 Å². The van der Waals surface area contributed by atoms with Gasteiger partial charge in [-0.2, -0.15) is 0 Å². The second-order valence-corrected chi connectivity index (χ2v) is 5.54. The van der Waals surface area contributed by atoms with E-state index < -0.39 is 86.1 Å². The first-order valence-electron chi connectivity index (χ1n) is 7.27. The van der Waals surface area contributed by atoms with Crippen molar-refractivity contribution in [3.8, 4) is 22.3 Å². The third-order valence-corrected chi connectivity index (χ3v) is 3.95. The van der Waals surface area contributed by atoms with E-state index in [0.717, 1.165) is 0 Å². The number of hydrogen-bond acceptors (Lipinski definition) is 2. The number of benzene rings is 2. The molecule has 0 radical (unpaired) electrons. The fraction of sp³-hybridized carbons (Fsp3) is 0. The summed E-state index contributed by atoms with van der Waals surface area (Å²) >= 11 is 0. The first kappa shape index (κ1) is 20.4. The average molecular weight is 426 g/mol. The molecule has 0 atom stereocenters. The molecule has 1 aromatic heterocycles. The van der Waals surface area contributed by atoms with Crippen molar-refractivity contribution in [3.05, 3.63) is 70.6 Å². The third kappa shape index (κ3) is 2.86. The van der Waals surface area contributed by atoms with Crippen LogP contribution in [0, 0.1) is 58.2 Å². The summed E-state index contributed by atoms with van der Waals surface area (Å²) in [7, 11) is 0. The van der Waals surface area contributed by atoms with Gasteiger partial charge in [0, 0.05) is 23.5 Å². The zero-order valence-corrected chi connectivity index (χ0v) is 13.5. The van der Waals surface area contributed by atoms with E-state index in [9.17, 15) is 43.9 Å². The molecule has 3 aromatic rings. The number of halogens is 10. The van der Waals surface area contributed by atoms with Crippen molar-refractivity contribution in [2.45, 2.75) is 0 Å². The minimum atomic E-state index is -2.48. The summed E-state index contributed by atoms with van der Waals surface area (Å²) in [6, 6.07) is 0. The fourth-order valence-corrected chi connectivity index (χ4v) is 2.55. The van der Waals surface area contributed by atoms with Gasteiger partial charge in [-0.15, -0.1) is 0 Å². The molecule has 2 N–H and O–H groups in total. The van der Waals surface area contributed by atoms with Gasteiger partial charge < -0.3 is 5.73 Å². The minimum Gasteiger partial charge on any atom is -0.398 e. The van der Waals surface area contributed by atoms with Gasteiger partial charge in [0.15, 0.2) is 46.5 Å². The molecular weight excluding hydrogens is 422 g/mol. The number of aromatic nitrogens is 1. The van der Waals surface area contributed by atoms with Crippen LogP contribution < -0.4 is 5.73 Å². The van der Waals surface area contributed by atoms with Crippen LogP contribution >= 0.6 is 0 Å². The number of hydrogen-bond donors (Lipinski definition) is 1. The van der Waals surface area contributed by atoms with Crippen LogP contribution in [0.3, 0.4) is 0 Å². The van der Waals surface area contributed by atoms with E-state index in [0.29, 0.717) is 12.4 Å². The van der Waals surface area contributed by atoms with E-state index in [1.807, 2.05) is 0 Å². The van der Waals surface area contributed by atoms with Gasteiger partial charge >= 0.3 is 0 Å². The van der Waals surface area contributed by atoms with E-state index in [-0.39, 0.29) is 0 Å². The molecule has 0 saturated heterocycles. The first-order valence-corrected chi connectivity index (χ1v) is 7.27. The lowest BCUT2D eigenvalue weighted by Crippen LogP contribution is -2.08. The molecule has 29 heavy (non-hydrogen) atoms. The zero-order chi connectivity index (χ0) is 21.8. The number of nitrogen functional groups attached to an aromatic ring is 1. The highest BCUT2D eigenvalue weighted by Crippen LogP contribution is 2.40. The molecule has 152 valence electrons. The van der Waals surface area contributed by atoms with Crippen LogP contribution in [0.5, 0.6) is 0 Å². The van der Waals surface area contributed by atoms with Crippen molar-refractivity contribution in [1.29, 1.82) is 0 Å². The zero-order valence-electron chi connectivity index (χ0n) is 13.5. The highest BCUT2D eigenvalue weighted by Gasteiger charge is 2.31. The molecular formula is C17H4F10N2. The molecule has 0 unspecified atom stereocenters. The van der Waals surface area contributed by atoms with Crippen molar-refractivity contribution in [2.75, 3.05) is 5.73 Å². The maximum atomic E-state index is 14.0. The van der Waals surface area contributed by atoms with Crippen LogP contribution in [-0.4, -0.2) is 4.98 Å². The normalized spacial score (nSPS) is 11.2. The highest BCUT2D eigenvalue weighted by molar-refractivity contribution is 5.88. The Balaban J connectivity index is 2.40. The van der Waals surface area contributed by atoms with Crippen LogP contribution in [0.25, 0.3) is 22.3 Å². The molecule has 0 aliphatic rings. The lowest BCUT2D eigenvalue weighted by Gasteiger charge is -2.15. The van der Waals surface area contributed by atoms with Gasteiger partial charge in [0.05, 0.1) is 16.8 Å². The Morgan fingerprint density at radius 1 is 0.448 bits per heavy atom. The number of nitrogens with zero attached hydrogens (tertiary/aromatic N) is 1. The van der Waals surface area contributed by atoms with Crippen LogP contribution in [0.2, 0.25) is 0 Å². The molecule has 0 saturated carbocycles. The molecule has 0 bridgehead atoms. The molecule has 12 heteroatoms. The Bertz CT molecular complexity index is 1030. The summed E-state index contributed by atoms with van der Waals surface area (Å²) in [6.07, 6.45) is 0.978. The van der Waals surface area contributed by atoms with Gasteiger partial charge in [-0.1, -0.05) is 0 Å². The van der Waals surface area contributed by atoms with Crippen molar-refractivity contribution in [3.63, 3.8) is 0 Å². The number of nitrogens with two attached hydrogens (primary N) is 1. The molecule has 0 aliphatic heterocycles. The van der Waals surface area contributed by atoms with Gasteiger partial charge in [-0.25, -0.2) is 43.9 Å². The SMILES string of the molecule is Nc1c(-c2c(F)c(F)c(F)c(F)c2F)cncc1-c1c(F)c(F)c(F)c(F)c1F. The number of pyridine rings is 1. The lowest BCUT2D eigenvalue weighted by atomic mass is 9.97. The summed E-state index contributed by atoms with van der Waals surface area (Å²) in [5.74, 6) is -23.7. The Kier molecular flexibility index (Phi) is 4.89. The van der Waals surface area contributed by atoms with Crippen LogP contribution in [0.1, 0.15) is 0 Å². The molecule has 0 spiro atoms. The highest BCUT2D eigenvalue weighted by atomic mass is 19.2. The summed E-state index contributed by atoms with van der Waals surface area (Å²) in [5, 5.41) is 0. The van der Waals surface area contributed by atoms with Crippen molar-refractivity contribution in [2.24, 2.45) is 0 Å². The Hall–Kier alpha value is -3.31. The largest absolute Gasteiger partial charge is 0.398 e. The molecule has 0 fully saturated rings. The predicted molar refractivity (Wildman–Crippen MR) is 79.1 cm³/mol. The molecule has 2 aromatic carbocycles. The number of rotatable bonds is 2.